The molecule has 0 amide bonds. The third kappa shape index (κ3) is 2.51. The van der Waals surface area contributed by atoms with Crippen LogP contribution >= 0.6 is 11.3 Å². The number of hydrogen-bond donors (Lipinski definition) is 1. The van der Waals surface area contributed by atoms with Crippen molar-refractivity contribution < 1.29 is 9.53 Å². The molecular formula is C18H18N4O2S. The summed E-state index contributed by atoms with van der Waals surface area (Å²) in [6.07, 6.45) is 4.41. The van der Waals surface area contributed by atoms with Crippen LogP contribution in [0.2, 0.25) is 0 Å². The van der Waals surface area contributed by atoms with Gasteiger partial charge in [0.2, 0.25) is 0 Å². The number of hydrogen-bond acceptors (Lipinski definition) is 5. The van der Waals surface area contributed by atoms with E-state index in [-0.39, 0.29) is 5.97 Å². The van der Waals surface area contributed by atoms with Crippen molar-refractivity contribution in [2.45, 2.75) is 27.2 Å². The van der Waals surface area contributed by atoms with Gasteiger partial charge >= 0.3 is 5.97 Å². The Bertz CT molecular complexity index is 1090. The molecule has 4 heterocycles. The zero-order chi connectivity index (χ0) is 17.6. The smallest absolute Gasteiger partial charge is 0.348 e. The molecule has 4 aromatic rings. The Hall–Kier alpha value is -2.67. The number of rotatable bonds is 4. The maximum absolute atomic E-state index is 12.0. The number of thiophene rings is 1. The normalized spacial score (nSPS) is 11.5. The molecule has 4 rings (SSSR count). The topological polar surface area (TPSA) is 72.3 Å². The number of carbonyl (C=O) groups excluding carboxylic acids is 1. The summed E-state index contributed by atoms with van der Waals surface area (Å²) >= 11 is 1.48. The molecule has 0 fully saturated rings. The maximum Gasteiger partial charge on any atom is 0.348 e. The second kappa shape index (κ2) is 6.00. The molecule has 6 nitrogen and oxygen atoms in total. The second-order valence-corrected chi connectivity index (χ2v) is 6.90. The number of H-pyrrole nitrogens is 1. The van der Waals surface area contributed by atoms with E-state index in [0.717, 1.165) is 39.1 Å². The Kier molecular flexibility index (Phi) is 3.80. The summed E-state index contributed by atoms with van der Waals surface area (Å²) in [5, 5.41) is 4.25. The van der Waals surface area contributed by atoms with Crippen LogP contribution in [0.5, 0.6) is 0 Å². The SMILES string of the molecule is CCOC(=O)c1cc2[nH]c(-c3cc(C)c4ncnn4c3)c(CC)c2s1. The Balaban J connectivity index is 1.86. The van der Waals surface area contributed by atoms with Crippen molar-refractivity contribution in [2.75, 3.05) is 6.61 Å². The van der Waals surface area contributed by atoms with Gasteiger partial charge in [-0.3, -0.25) is 0 Å². The molecule has 0 aliphatic rings. The van der Waals surface area contributed by atoms with Crippen LogP contribution in [0, 0.1) is 6.92 Å². The summed E-state index contributed by atoms with van der Waals surface area (Å²) in [5.74, 6) is -0.263. The Morgan fingerprint density at radius 2 is 2.20 bits per heavy atom. The highest BCUT2D eigenvalue weighted by atomic mass is 32.1. The predicted octanol–water partition coefficient (Wildman–Crippen LogP) is 3.99. The van der Waals surface area contributed by atoms with Gasteiger partial charge in [0, 0.05) is 11.8 Å². The van der Waals surface area contributed by atoms with E-state index in [1.807, 2.05) is 26.1 Å². The standard InChI is InChI=1S/C18H18N4O2S/c1-4-12-15(11-6-10(3)17-19-9-20-22(17)8-11)21-13-7-14(25-16(12)13)18(23)24-5-2/h6-9,21H,4-5H2,1-3H3. The highest BCUT2D eigenvalue weighted by Crippen LogP contribution is 2.36. The van der Waals surface area contributed by atoms with Crippen molar-refractivity contribution in [2.24, 2.45) is 0 Å². The average molecular weight is 354 g/mol. The third-order valence-electron chi connectivity index (χ3n) is 4.25. The van der Waals surface area contributed by atoms with Gasteiger partial charge in [0.25, 0.3) is 0 Å². The van der Waals surface area contributed by atoms with Gasteiger partial charge in [0.05, 0.1) is 22.5 Å². The lowest BCUT2D eigenvalue weighted by Gasteiger charge is -2.06. The molecule has 0 saturated carbocycles. The second-order valence-electron chi connectivity index (χ2n) is 5.85. The minimum absolute atomic E-state index is 0.263. The van der Waals surface area contributed by atoms with Crippen molar-refractivity contribution >= 4 is 33.2 Å². The molecule has 4 aromatic heterocycles. The van der Waals surface area contributed by atoms with E-state index in [2.05, 4.69) is 28.1 Å². The molecule has 0 aliphatic carbocycles. The lowest BCUT2D eigenvalue weighted by atomic mass is 10.1. The van der Waals surface area contributed by atoms with Crippen molar-refractivity contribution in [3.05, 3.63) is 40.7 Å². The summed E-state index contributed by atoms with van der Waals surface area (Å²) in [5.41, 5.74) is 6.24. The summed E-state index contributed by atoms with van der Waals surface area (Å²) in [7, 11) is 0. The number of nitrogens with zero attached hydrogens (tertiary/aromatic N) is 3. The van der Waals surface area contributed by atoms with E-state index in [0.29, 0.717) is 11.5 Å². The fourth-order valence-corrected chi connectivity index (χ4v) is 4.28. The van der Waals surface area contributed by atoms with Gasteiger partial charge in [0.1, 0.15) is 11.2 Å². The van der Waals surface area contributed by atoms with Crippen LogP contribution in [0.15, 0.2) is 24.7 Å². The van der Waals surface area contributed by atoms with E-state index < -0.39 is 0 Å². The predicted molar refractivity (Wildman–Crippen MR) is 98.2 cm³/mol. The zero-order valence-electron chi connectivity index (χ0n) is 14.3. The maximum atomic E-state index is 12.0. The lowest BCUT2D eigenvalue weighted by molar-refractivity contribution is 0.0532. The number of aromatic nitrogens is 4. The fourth-order valence-electron chi connectivity index (χ4n) is 3.15. The quantitative estimate of drug-likeness (QED) is 0.563. The number of nitrogens with one attached hydrogen (secondary N) is 1. The zero-order valence-corrected chi connectivity index (χ0v) is 15.1. The molecule has 0 atom stereocenters. The highest BCUT2D eigenvalue weighted by molar-refractivity contribution is 7.21. The largest absolute Gasteiger partial charge is 0.462 e. The third-order valence-corrected chi connectivity index (χ3v) is 5.42. The van der Waals surface area contributed by atoms with E-state index >= 15 is 0 Å². The fraction of sp³-hybridized carbons (Fsp3) is 0.278. The van der Waals surface area contributed by atoms with Crippen molar-refractivity contribution in [1.29, 1.82) is 0 Å². The number of aryl methyl sites for hydroxylation is 2. The molecular weight excluding hydrogens is 336 g/mol. The van der Waals surface area contributed by atoms with Gasteiger partial charge in [-0.25, -0.2) is 14.3 Å². The molecule has 0 radical (unpaired) electrons. The molecule has 0 saturated heterocycles. The van der Waals surface area contributed by atoms with Gasteiger partial charge in [-0.15, -0.1) is 11.3 Å². The molecule has 7 heteroatoms. The van der Waals surface area contributed by atoms with E-state index in [4.69, 9.17) is 4.74 Å². The first-order valence-corrected chi connectivity index (χ1v) is 9.05. The number of carbonyl (C=O) groups is 1. The molecule has 0 spiro atoms. The monoisotopic (exact) mass is 354 g/mol. The lowest BCUT2D eigenvalue weighted by Crippen LogP contribution is -2.01. The van der Waals surface area contributed by atoms with Crippen LogP contribution in [0.3, 0.4) is 0 Å². The summed E-state index contributed by atoms with van der Waals surface area (Å²) < 4.78 is 8.01. The van der Waals surface area contributed by atoms with Gasteiger partial charge in [-0.1, -0.05) is 6.92 Å². The average Bonchev–Trinajstić information content (AvgIpc) is 3.28. The van der Waals surface area contributed by atoms with Crippen LogP contribution in [0.1, 0.15) is 34.6 Å². The minimum Gasteiger partial charge on any atom is -0.462 e. The van der Waals surface area contributed by atoms with Crippen LogP contribution in [0.4, 0.5) is 0 Å². The van der Waals surface area contributed by atoms with Crippen molar-refractivity contribution in [1.82, 2.24) is 19.6 Å². The van der Waals surface area contributed by atoms with Crippen molar-refractivity contribution in [3.8, 4) is 11.3 Å². The van der Waals surface area contributed by atoms with Gasteiger partial charge in [0.15, 0.2) is 5.65 Å². The molecule has 1 N–H and O–H groups in total. The van der Waals surface area contributed by atoms with Gasteiger partial charge < -0.3 is 9.72 Å². The molecule has 0 unspecified atom stereocenters. The van der Waals surface area contributed by atoms with E-state index in [1.54, 1.807) is 10.8 Å². The van der Waals surface area contributed by atoms with E-state index in [1.165, 1.54) is 16.9 Å². The number of fused-ring (bicyclic) bond motifs is 2. The van der Waals surface area contributed by atoms with Crippen LogP contribution in [-0.2, 0) is 11.2 Å². The van der Waals surface area contributed by atoms with Gasteiger partial charge in [-0.2, -0.15) is 5.10 Å². The van der Waals surface area contributed by atoms with Crippen LogP contribution in [-0.4, -0.2) is 32.2 Å². The number of aromatic amines is 1. The highest BCUT2D eigenvalue weighted by Gasteiger charge is 2.19. The van der Waals surface area contributed by atoms with Gasteiger partial charge in [-0.05, 0) is 43.5 Å². The first kappa shape index (κ1) is 15.8. The molecule has 128 valence electrons. The Labute approximate surface area is 148 Å². The van der Waals surface area contributed by atoms with Crippen LogP contribution < -0.4 is 0 Å². The number of esters is 1. The summed E-state index contributed by atoms with van der Waals surface area (Å²) in [6, 6.07) is 3.99. The van der Waals surface area contributed by atoms with E-state index in [9.17, 15) is 4.79 Å². The van der Waals surface area contributed by atoms with Crippen LogP contribution in [0.25, 0.3) is 27.1 Å². The first-order valence-electron chi connectivity index (χ1n) is 8.24. The number of pyridine rings is 1. The molecule has 0 aliphatic heterocycles. The summed E-state index contributed by atoms with van der Waals surface area (Å²) in [6.45, 7) is 6.35. The Morgan fingerprint density at radius 1 is 1.36 bits per heavy atom. The first-order chi connectivity index (χ1) is 12.1. The molecule has 0 bridgehead atoms. The molecule has 25 heavy (non-hydrogen) atoms. The van der Waals surface area contributed by atoms with Crippen molar-refractivity contribution in [3.63, 3.8) is 0 Å². The minimum atomic E-state index is -0.263. The molecule has 0 aromatic carbocycles. The number of ether oxygens (including phenoxy) is 1. The Morgan fingerprint density at radius 3 is 2.96 bits per heavy atom. The summed E-state index contributed by atoms with van der Waals surface area (Å²) in [4.78, 5) is 20.4.